The molecule has 5 nitrogen and oxygen atoms in total. The maximum Gasteiger partial charge on any atom is 0.227 e. The average Bonchev–Trinajstić information content (AvgIpc) is 3.15. The van der Waals surface area contributed by atoms with E-state index in [1.54, 1.807) is 0 Å². The first-order chi connectivity index (χ1) is 12.2. The fourth-order valence-electron chi connectivity index (χ4n) is 3.32. The lowest BCUT2D eigenvalue weighted by molar-refractivity contribution is -0.132. The Morgan fingerprint density at radius 2 is 2.04 bits per heavy atom. The van der Waals surface area contributed by atoms with Crippen LogP contribution in [-0.2, 0) is 20.7 Å². The van der Waals surface area contributed by atoms with Crippen molar-refractivity contribution in [3.63, 3.8) is 0 Å². The highest BCUT2D eigenvalue weighted by atomic mass is 35.5. The van der Waals surface area contributed by atoms with Crippen molar-refractivity contribution in [1.82, 2.24) is 9.80 Å². The van der Waals surface area contributed by atoms with E-state index in [9.17, 15) is 4.79 Å². The molecule has 0 radical (unpaired) electrons. The Morgan fingerprint density at radius 3 is 2.76 bits per heavy atom. The zero-order valence-electron chi connectivity index (χ0n) is 14.7. The van der Waals surface area contributed by atoms with Crippen molar-refractivity contribution in [2.75, 3.05) is 52.5 Å². The molecule has 25 heavy (non-hydrogen) atoms. The molecule has 2 saturated heterocycles. The second-order valence-electron chi connectivity index (χ2n) is 6.70. The molecule has 2 aliphatic rings. The summed E-state index contributed by atoms with van der Waals surface area (Å²) in [5.41, 5.74) is 0.902. The van der Waals surface area contributed by atoms with Crippen LogP contribution in [0.15, 0.2) is 24.3 Å². The minimum Gasteiger partial charge on any atom is -0.377 e. The Morgan fingerprint density at radius 1 is 1.24 bits per heavy atom. The van der Waals surface area contributed by atoms with Gasteiger partial charge in [0.25, 0.3) is 0 Å². The lowest BCUT2D eigenvalue weighted by Crippen LogP contribution is -2.49. The number of benzene rings is 1. The standard InChI is InChI=1S/C19H27ClN2O3/c20-18-6-2-1-4-16(18)14-19(23)22-9-7-21(8-10-22)11-13-24-15-17-5-3-12-25-17/h1-2,4,6,17H,3,5,7-15H2. The third kappa shape index (κ3) is 5.68. The number of ether oxygens (including phenoxy) is 2. The van der Waals surface area contributed by atoms with E-state index in [0.717, 1.165) is 64.3 Å². The Bertz CT molecular complexity index is 555. The zero-order chi connectivity index (χ0) is 17.5. The fourth-order valence-corrected chi connectivity index (χ4v) is 3.52. The highest BCUT2D eigenvalue weighted by Crippen LogP contribution is 2.17. The molecule has 1 amide bonds. The summed E-state index contributed by atoms with van der Waals surface area (Å²) in [5.74, 6) is 0.155. The first-order valence-corrected chi connectivity index (χ1v) is 9.53. The van der Waals surface area contributed by atoms with Crippen molar-refractivity contribution < 1.29 is 14.3 Å². The smallest absolute Gasteiger partial charge is 0.227 e. The van der Waals surface area contributed by atoms with Crippen LogP contribution in [0, 0.1) is 0 Å². The van der Waals surface area contributed by atoms with Crippen molar-refractivity contribution in [3.8, 4) is 0 Å². The van der Waals surface area contributed by atoms with Crippen LogP contribution in [0.25, 0.3) is 0 Å². The molecule has 0 bridgehead atoms. The molecule has 3 rings (SSSR count). The Hall–Kier alpha value is -1.14. The SMILES string of the molecule is O=C(Cc1ccccc1Cl)N1CCN(CCOCC2CCCO2)CC1. The van der Waals surface area contributed by atoms with Crippen molar-refractivity contribution in [2.24, 2.45) is 0 Å². The lowest BCUT2D eigenvalue weighted by atomic mass is 10.1. The summed E-state index contributed by atoms with van der Waals surface area (Å²) in [4.78, 5) is 16.7. The van der Waals surface area contributed by atoms with Crippen LogP contribution in [0.3, 0.4) is 0 Å². The van der Waals surface area contributed by atoms with Crippen molar-refractivity contribution in [2.45, 2.75) is 25.4 Å². The molecule has 0 spiro atoms. The number of nitrogens with zero attached hydrogens (tertiary/aromatic N) is 2. The second kappa shape index (κ2) is 9.53. The first-order valence-electron chi connectivity index (χ1n) is 9.15. The van der Waals surface area contributed by atoms with Crippen LogP contribution in [-0.4, -0.2) is 74.4 Å². The fraction of sp³-hybridized carbons (Fsp3) is 0.632. The lowest BCUT2D eigenvalue weighted by Gasteiger charge is -2.34. The van der Waals surface area contributed by atoms with Crippen LogP contribution in [0.1, 0.15) is 18.4 Å². The molecule has 138 valence electrons. The van der Waals surface area contributed by atoms with Crippen molar-refractivity contribution >= 4 is 17.5 Å². The predicted octanol–water partition coefficient (Wildman–Crippen LogP) is 2.22. The third-order valence-electron chi connectivity index (χ3n) is 4.90. The van der Waals surface area contributed by atoms with E-state index in [2.05, 4.69) is 4.90 Å². The number of hydrogen-bond donors (Lipinski definition) is 0. The zero-order valence-corrected chi connectivity index (χ0v) is 15.4. The van der Waals surface area contributed by atoms with Gasteiger partial charge in [0.2, 0.25) is 5.91 Å². The average molecular weight is 367 g/mol. The second-order valence-corrected chi connectivity index (χ2v) is 7.11. The normalized spacial score (nSPS) is 21.6. The molecule has 0 aromatic heterocycles. The van der Waals surface area contributed by atoms with E-state index in [1.807, 2.05) is 29.2 Å². The monoisotopic (exact) mass is 366 g/mol. The highest BCUT2D eigenvalue weighted by molar-refractivity contribution is 6.31. The number of halogens is 1. The molecule has 6 heteroatoms. The molecule has 0 N–H and O–H groups in total. The Kier molecular flexibility index (Phi) is 7.11. The summed E-state index contributed by atoms with van der Waals surface area (Å²) in [6, 6.07) is 7.56. The van der Waals surface area contributed by atoms with E-state index in [0.29, 0.717) is 24.2 Å². The first kappa shape index (κ1) is 18.6. The minimum absolute atomic E-state index is 0.155. The quantitative estimate of drug-likeness (QED) is 0.694. The molecule has 1 aromatic rings. The summed E-state index contributed by atoms with van der Waals surface area (Å²) < 4.78 is 11.3. The van der Waals surface area contributed by atoms with Crippen LogP contribution >= 0.6 is 11.6 Å². The van der Waals surface area contributed by atoms with Gasteiger partial charge in [0.1, 0.15) is 0 Å². The molecule has 0 aliphatic carbocycles. The van der Waals surface area contributed by atoms with Crippen LogP contribution in [0.5, 0.6) is 0 Å². The summed E-state index contributed by atoms with van der Waals surface area (Å²) >= 11 is 6.15. The van der Waals surface area contributed by atoms with E-state index in [-0.39, 0.29) is 5.91 Å². The number of rotatable bonds is 7. The summed E-state index contributed by atoms with van der Waals surface area (Å²) in [6.45, 7) is 6.57. The maximum absolute atomic E-state index is 12.4. The van der Waals surface area contributed by atoms with Gasteiger partial charge in [-0.15, -0.1) is 0 Å². The number of carbonyl (C=O) groups is 1. The molecule has 1 aromatic carbocycles. The molecule has 1 atom stereocenters. The minimum atomic E-state index is 0.155. The van der Waals surface area contributed by atoms with E-state index in [4.69, 9.17) is 21.1 Å². The Balaban J connectivity index is 1.32. The topological polar surface area (TPSA) is 42.0 Å². The number of carbonyl (C=O) groups excluding carboxylic acids is 1. The number of hydrogen-bond acceptors (Lipinski definition) is 4. The van der Waals surface area contributed by atoms with Gasteiger partial charge >= 0.3 is 0 Å². The maximum atomic E-state index is 12.4. The van der Waals surface area contributed by atoms with Gasteiger partial charge in [-0.1, -0.05) is 29.8 Å². The summed E-state index contributed by atoms with van der Waals surface area (Å²) in [5, 5.41) is 0.665. The van der Waals surface area contributed by atoms with Gasteiger partial charge in [0, 0.05) is 44.4 Å². The van der Waals surface area contributed by atoms with Gasteiger partial charge < -0.3 is 14.4 Å². The molecular weight excluding hydrogens is 340 g/mol. The van der Waals surface area contributed by atoms with Gasteiger partial charge in [-0.2, -0.15) is 0 Å². The van der Waals surface area contributed by atoms with Crippen LogP contribution in [0.4, 0.5) is 0 Å². The van der Waals surface area contributed by atoms with Crippen LogP contribution in [0.2, 0.25) is 5.02 Å². The predicted molar refractivity (Wildman–Crippen MR) is 98.0 cm³/mol. The largest absolute Gasteiger partial charge is 0.377 e. The van der Waals surface area contributed by atoms with Gasteiger partial charge in [-0.25, -0.2) is 0 Å². The molecule has 2 heterocycles. The Labute approximate surface area is 154 Å². The van der Waals surface area contributed by atoms with Gasteiger partial charge in [0.05, 0.1) is 25.7 Å². The summed E-state index contributed by atoms with van der Waals surface area (Å²) in [7, 11) is 0. The van der Waals surface area contributed by atoms with Gasteiger partial charge in [-0.05, 0) is 24.5 Å². The van der Waals surface area contributed by atoms with E-state index >= 15 is 0 Å². The molecule has 2 fully saturated rings. The molecule has 2 aliphatic heterocycles. The van der Waals surface area contributed by atoms with Crippen LogP contribution < -0.4 is 0 Å². The summed E-state index contributed by atoms with van der Waals surface area (Å²) in [6.07, 6.45) is 2.94. The van der Waals surface area contributed by atoms with E-state index in [1.165, 1.54) is 0 Å². The van der Waals surface area contributed by atoms with Gasteiger partial charge in [0.15, 0.2) is 0 Å². The third-order valence-corrected chi connectivity index (χ3v) is 5.27. The number of piperazine rings is 1. The van der Waals surface area contributed by atoms with Crippen molar-refractivity contribution in [3.05, 3.63) is 34.9 Å². The van der Waals surface area contributed by atoms with Gasteiger partial charge in [-0.3, -0.25) is 9.69 Å². The van der Waals surface area contributed by atoms with E-state index < -0.39 is 0 Å². The molecular formula is C19H27ClN2O3. The number of amides is 1. The molecule has 0 saturated carbocycles. The highest BCUT2D eigenvalue weighted by Gasteiger charge is 2.22. The molecule has 1 unspecified atom stereocenters. The van der Waals surface area contributed by atoms with Crippen molar-refractivity contribution in [1.29, 1.82) is 0 Å².